The van der Waals surface area contributed by atoms with Crippen LogP contribution in [0.3, 0.4) is 0 Å². The van der Waals surface area contributed by atoms with E-state index in [0.29, 0.717) is 0 Å². The lowest BCUT2D eigenvalue weighted by Crippen LogP contribution is -2.41. The number of benzene rings is 1. The van der Waals surface area contributed by atoms with Crippen molar-refractivity contribution in [2.45, 2.75) is 52.0 Å². The van der Waals surface area contributed by atoms with Gasteiger partial charge in [0.2, 0.25) is 9.04 Å². The molecule has 0 aromatic heterocycles. The lowest BCUT2D eigenvalue weighted by Gasteiger charge is -2.32. The van der Waals surface area contributed by atoms with Crippen molar-refractivity contribution < 1.29 is 18.5 Å². The highest BCUT2D eigenvalue weighted by Gasteiger charge is 2.52. The number of hydrogen-bond donors (Lipinski definition) is 0. The lowest BCUT2D eigenvalue weighted by molar-refractivity contribution is 0.00578. The van der Waals surface area contributed by atoms with Crippen LogP contribution < -0.4 is 14.6 Å². The van der Waals surface area contributed by atoms with Crippen LogP contribution in [0, 0.1) is 0 Å². The zero-order valence-electron chi connectivity index (χ0n) is 14.0. The Hall–Kier alpha value is -0.978. The number of ether oxygens (including phenoxy) is 1. The molecule has 1 aliphatic heterocycles. The average molecular weight is 308 g/mol. The summed E-state index contributed by atoms with van der Waals surface area (Å²) in [7, 11) is 0.100. The van der Waals surface area contributed by atoms with E-state index in [1.54, 1.807) is 7.11 Å². The van der Waals surface area contributed by atoms with Crippen LogP contribution in [0.5, 0.6) is 11.5 Å². The molecule has 1 fully saturated rings. The van der Waals surface area contributed by atoms with Gasteiger partial charge < -0.3 is 18.5 Å². The van der Waals surface area contributed by atoms with Gasteiger partial charge in [0.25, 0.3) is 0 Å². The van der Waals surface area contributed by atoms with Crippen LogP contribution in [0.15, 0.2) is 18.2 Å². The van der Waals surface area contributed by atoms with E-state index in [4.69, 9.17) is 18.5 Å². The highest BCUT2D eigenvalue weighted by atomic mass is 28.3. The average Bonchev–Trinajstić information content (AvgIpc) is 2.57. The summed E-state index contributed by atoms with van der Waals surface area (Å²) in [6.07, 6.45) is 0. The Morgan fingerprint density at radius 3 is 2.10 bits per heavy atom. The van der Waals surface area contributed by atoms with Crippen LogP contribution in [-0.2, 0) is 9.31 Å². The first-order valence-electron chi connectivity index (χ1n) is 7.36. The van der Waals surface area contributed by atoms with E-state index in [0.717, 1.165) is 17.0 Å². The third-order valence-electron chi connectivity index (χ3n) is 4.08. The highest BCUT2D eigenvalue weighted by Crippen LogP contribution is 2.37. The molecule has 0 saturated carbocycles. The molecule has 0 spiro atoms. The normalized spacial score (nSPS) is 19.9. The fourth-order valence-corrected chi connectivity index (χ4v) is 2.89. The third-order valence-corrected chi connectivity index (χ3v) is 4.83. The topological polar surface area (TPSA) is 36.9 Å². The number of rotatable bonds is 4. The maximum atomic E-state index is 6.08. The van der Waals surface area contributed by atoms with Gasteiger partial charge in [0.05, 0.1) is 18.3 Å². The van der Waals surface area contributed by atoms with Crippen molar-refractivity contribution in [3.8, 4) is 11.5 Å². The largest absolute Gasteiger partial charge is 0.547 e. The molecule has 0 aliphatic carbocycles. The quantitative estimate of drug-likeness (QED) is 0.800. The van der Waals surface area contributed by atoms with Crippen LogP contribution in [0.1, 0.15) is 27.7 Å². The molecule has 1 saturated heterocycles. The second kappa shape index (κ2) is 5.67. The first kappa shape index (κ1) is 16.4. The Morgan fingerprint density at radius 1 is 1.05 bits per heavy atom. The van der Waals surface area contributed by atoms with E-state index in [2.05, 4.69) is 13.1 Å². The minimum Gasteiger partial charge on any atom is -0.547 e. The smallest absolute Gasteiger partial charge is 0.498 e. The number of hydrogen-bond acceptors (Lipinski definition) is 4. The minimum absolute atomic E-state index is 0.358. The molecule has 1 aromatic rings. The predicted molar refractivity (Wildman–Crippen MR) is 88.2 cm³/mol. The predicted octanol–water partition coefficient (Wildman–Crippen LogP) is 2.36. The maximum Gasteiger partial charge on any atom is 0.498 e. The van der Waals surface area contributed by atoms with Crippen molar-refractivity contribution in [2.75, 3.05) is 7.11 Å². The van der Waals surface area contributed by atoms with Crippen LogP contribution >= 0.6 is 0 Å². The van der Waals surface area contributed by atoms with Crippen molar-refractivity contribution in [1.29, 1.82) is 0 Å². The summed E-state index contributed by atoms with van der Waals surface area (Å²) in [5, 5.41) is 0. The molecule has 0 radical (unpaired) electrons. The molecule has 0 amide bonds. The standard InChI is InChI=1S/C15H25BO4Si/c1-14(2)15(3,4)20-16(19-14)12-9-8-11(18-21(6)7)10-13(12)17-5/h8-10,21H,1-7H3. The molecule has 116 valence electrons. The van der Waals surface area contributed by atoms with E-state index in [1.807, 2.05) is 45.9 Å². The van der Waals surface area contributed by atoms with Gasteiger partial charge in [-0.2, -0.15) is 0 Å². The van der Waals surface area contributed by atoms with Gasteiger partial charge in [0, 0.05) is 11.5 Å². The second-order valence-electron chi connectivity index (χ2n) is 6.66. The first-order valence-corrected chi connectivity index (χ1v) is 10.1. The Labute approximate surface area is 129 Å². The zero-order valence-corrected chi connectivity index (χ0v) is 15.2. The van der Waals surface area contributed by atoms with Gasteiger partial charge in [-0.1, -0.05) is 6.07 Å². The van der Waals surface area contributed by atoms with Crippen molar-refractivity contribution in [3.63, 3.8) is 0 Å². The SMILES string of the molecule is COc1cc(O[SiH](C)C)ccc1B1OC(C)(C)C(C)(C)O1. The summed E-state index contributed by atoms with van der Waals surface area (Å²) in [5.74, 6) is 1.58. The van der Waals surface area contributed by atoms with E-state index in [1.165, 1.54) is 0 Å². The van der Waals surface area contributed by atoms with E-state index in [-0.39, 0.29) is 11.2 Å². The summed E-state index contributed by atoms with van der Waals surface area (Å²) >= 11 is 0. The molecular weight excluding hydrogens is 283 g/mol. The Kier molecular flexibility index (Phi) is 4.42. The fraction of sp³-hybridized carbons (Fsp3) is 0.600. The molecule has 1 aliphatic rings. The van der Waals surface area contributed by atoms with Gasteiger partial charge in [-0.15, -0.1) is 0 Å². The zero-order chi connectivity index (χ0) is 15.8. The Bertz CT molecular complexity index is 500. The van der Waals surface area contributed by atoms with E-state index in [9.17, 15) is 0 Å². The molecule has 6 heteroatoms. The molecule has 0 bridgehead atoms. The second-order valence-corrected chi connectivity index (χ2v) is 8.99. The number of methoxy groups -OCH3 is 1. The van der Waals surface area contributed by atoms with Gasteiger partial charge in [-0.05, 0) is 46.9 Å². The highest BCUT2D eigenvalue weighted by molar-refractivity contribution is 6.63. The minimum atomic E-state index is -1.13. The maximum absolute atomic E-state index is 6.08. The molecule has 0 atom stereocenters. The summed E-state index contributed by atoms with van der Waals surface area (Å²) in [6, 6.07) is 5.83. The lowest BCUT2D eigenvalue weighted by atomic mass is 9.78. The van der Waals surface area contributed by atoms with Gasteiger partial charge in [-0.25, -0.2) is 0 Å². The molecule has 0 N–H and O–H groups in total. The van der Waals surface area contributed by atoms with Gasteiger partial charge >= 0.3 is 7.12 Å². The van der Waals surface area contributed by atoms with Crippen molar-refractivity contribution in [1.82, 2.24) is 0 Å². The van der Waals surface area contributed by atoms with E-state index < -0.39 is 16.2 Å². The van der Waals surface area contributed by atoms with Gasteiger partial charge in [-0.3, -0.25) is 0 Å². The molecule has 1 heterocycles. The van der Waals surface area contributed by atoms with Crippen molar-refractivity contribution >= 4 is 21.6 Å². The summed E-state index contributed by atoms with van der Waals surface area (Å²) in [5.41, 5.74) is 0.180. The van der Waals surface area contributed by atoms with Crippen LogP contribution in [0.2, 0.25) is 13.1 Å². The molecule has 2 rings (SSSR count). The van der Waals surface area contributed by atoms with Crippen molar-refractivity contribution in [2.24, 2.45) is 0 Å². The van der Waals surface area contributed by atoms with Gasteiger partial charge in [0.1, 0.15) is 11.5 Å². The Morgan fingerprint density at radius 2 is 1.62 bits per heavy atom. The van der Waals surface area contributed by atoms with Gasteiger partial charge in [0.15, 0.2) is 0 Å². The third kappa shape index (κ3) is 3.28. The van der Waals surface area contributed by atoms with Crippen molar-refractivity contribution in [3.05, 3.63) is 18.2 Å². The summed E-state index contributed by atoms with van der Waals surface area (Å²) in [4.78, 5) is 0. The molecule has 1 aromatic carbocycles. The molecular formula is C15H25BO4Si. The first-order chi connectivity index (χ1) is 9.66. The molecule has 21 heavy (non-hydrogen) atoms. The van der Waals surface area contributed by atoms with E-state index >= 15 is 0 Å². The fourth-order valence-electron chi connectivity index (χ4n) is 2.20. The Balaban J connectivity index is 2.29. The van der Waals surface area contributed by atoms with Crippen LogP contribution in [-0.4, -0.2) is 34.5 Å². The monoisotopic (exact) mass is 308 g/mol. The summed E-state index contributed by atoms with van der Waals surface area (Å²) < 4.78 is 23.5. The molecule has 0 unspecified atom stereocenters. The summed E-state index contributed by atoms with van der Waals surface area (Å²) in [6.45, 7) is 12.4. The molecule has 4 nitrogen and oxygen atoms in total. The van der Waals surface area contributed by atoms with Crippen LogP contribution in [0.4, 0.5) is 0 Å². The van der Waals surface area contributed by atoms with Crippen LogP contribution in [0.25, 0.3) is 0 Å².